The normalized spacial score (nSPS) is 35.3. The minimum absolute atomic E-state index is 0.307. The molecule has 4 heteroatoms. The van der Waals surface area contributed by atoms with Gasteiger partial charge in [0.1, 0.15) is 5.75 Å². The van der Waals surface area contributed by atoms with Crippen LogP contribution in [0.2, 0.25) is 0 Å². The number of fused-ring (bicyclic) bond motifs is 4. The Labute approximate surface area is 136 Å². The first-order valence-electron chi connectivity index (χ1n) is 8.93. The van der Waals surface area contributed by atoms with Gasteiger partial charge in [-0.05, 0) is 61.3 Å². The molecular weight excluding hydrogens is 288 g/mol. The van der Waals surface area contributed by atoms with Crippen LogP contribution in [-0.4, -0.2) is 45.8 Å². The van der Waals surface area contributed by atoms with Crippen LogP contribution in [0.1, 0.15) is 36.4 Å². The number of phenolic OH excluding ortho intramolecular Hbond substituents is 1. The molecule has 5 unspecified atom stereocenters. The number of hydrogen-bond donors (Lipinski definition) is 3. The minimum Gasteiger partial charge on any atom is -0.508 e. The zero-order valence-electron chi connectivity index (χ0n) is 13.3. The highest BCUT2D eigenvalue weighted by molar-refractivity contribution is 5.86. The van der Waals surface area contributed by atoms with E-state index < -0.39 is 0 Å². The largest absolute Gasteiger partial charge is 0.508 e. The number of nitrogens with one attached hydrogen (secondary N) is 1. The van der Waals surface area contributed by atoms with Crippen molar-refractivity contribution in [3.63, 3.8) is 0 Å². The Morgan fingerprint density at radius 3 is 3.04 bits per heavy atom. The van der Waals surface area contributed by atoms with E-state index >= 15 is 0 Å². The zero-order valence-corrected chi connectivity index (χ0v) is 13.3. The number of aromatic hydroxyl groups is 1. The molecule has 1 saturated carbocycles. The summed E-state index contributed by atoms with van der Waals surface area (Å²) in [6, 6.07) is 6.27. The average Bonchev–Trinajstić information content (AvgIpc) is 2.85. The molecule has 4 bridgehead atoms. The van der Waals surface area contributed by atoms with Gasteiger partial charge >= 0.3 is 0 Å². The lowest BCUT2D eigenvalue weighted by atomic mass is 9.65. The molecule has 6 rings (SSSR count). The van der Waals surface area contributed by atoms with Gasteiger partial charge in [0.15, 0.2) is 0 Å². The lowest BCUT2D eigenvalue weighted by molar-refractivity contribution is -0.0201. The molecule has 2 saturated heterocycles. The summed E-state index contributed by atoms with van der Waals surface area (Å²) in [6.07, 6.45) is 4.55. The molecule has 122 valence electrons. The van der Waals surface area contributed by atoms with Crippen LogP contribution in [0.5, 0.6) is 5.75 Å². The number of nitrogens with zero attached hydrogens (tertiary/aromatic N) is 1. The number of aromatic nitrogens is 1. The van der Waals surface area contributed by atoms with Gasteiger partial charge in [-0.2, -0.15) is 0 Å². The van der Waals surface area contributed by atoms with Crippen LogP contribution in [0, 0.1) is 11.8 Å². The van der Waals surface area contributed by atoms with Crippen LogP contribution in [0.4, 0.5) is 0 Å². The number of phenols is 1. The van der Waals surface area contributed by atoms with Gasteiger partial charge in [0.05, 0.1) is 0 Å². The van der Waals surface area contributed by atoms with Crippen molar-refractivity contribution in [3.05, 3.63) is 29.5 Å². The molecule has 3 N–H and O–H groups in total. The summed E-state index contributed by atoms with van der Waals surface area (Å²) in [5, 5.41) is 20.5. The van der Waals surface area contributed by atoms with Crippen molar-refractivity contribution < 1.29 is 10.2 Å². The first-order valence-corrected chi connectivity index (χ1v) is 8.93. The topological polar surface area (TPSA) is 59.5 Å². The summed E-state index contributed by atoms with van der Waals surface area (Å²) in [5.41, 5.74) is 3.98. The molecule has 4 nitrogen and oxygen atoms in total. The Morgan fingerprint density at radius 1 is 1.26 bits per heavy atom. The molecule has 0 spiro atoms. The summed E-state index contributed by atoms with van der Waals surface area (Å²) >= 11 is 0. The maximum absolute atomic E-state index is 9.87. The molecule has 0 radical (unpaired) electrons. The van der Waals surface area contributed by atoms with Crippen molar-refractivity contribution in [2.75, 3.05) is 19.7 Å². The molecule has 4 heterocycles. The van der Waals surface area contributed by atoms with Crippen molar-refractivity contribution in [2.24, 2.45) is 11.8 Å². The van der Waals surface area contributed by atoms with Crippen LogP contribution < -0.4 is 0 Å². The number of aliphatic hydroxyl groups is 1. The Balaban J connectivity index is 1.64. The standard InChI is InChI=1S/C19H24N2O2/c22-6-4-12-7-11-8-16-18-14(3-5-21(10-11)19(12)16)15-9-13(23)1-2-17(15)20-18/h1-2,9,11-12,16,19-20,22-23H,3-8,10H2. The van der Waals surface area contributed by atoms with E-state index in [0.717, 1.165) is 30.8 Å². The van der Waals surface area contributed by atoms with Crippen molar-refractivity contribution >= 4 is 10.9 Å². The second-order valence-corrected chi connectivity index (χ2v) is 7.70. The van der Waals surface area contributed by atoms with Crippen LogP contribution in [0.15, 0.2) is 18.2 Å². The molecule has 1 aromatic heterocycles. The van der Waals surface area contributed by atoms with Crippen molar-refractivity contribution in [1.82, 2.24) is 9.88 Å². The summed E-state index contributed by atoms with van der Waals surface area (Å²) in [5.74, 6) is 2.31. The highest BCUT2D eigenvalue weighted by Crippen LogP contribution is 2.51. The number of aromatic amines is 1. The van der Waals surface area contributed by atoms with Gasteiger partial charge in [-0.1, -0.05) is 0 Å². The van der Waals surface area contributed by atoms with E-state index in [1.54, 1.807) is 6.07 Å². The molecule has 23 heavy (non-hydrogen) atoms. The van der Waals surface area contributed by atoms with E-state index in [1.165, 1.54) is 36.0 Å². The third-order valence-corrected chi connectivity index (χ3v) is 6.48. The van der Waals surface area contributed by atoms with E-state index in [2.05, 4.69) is 9.88 Å². The monoisotopic (exact) mass is 312 g/mol. The highest BCUT2D eigenvalue weighted by Gasteiger charge is 2.48. The minimum atomic E-state index is 0.307. The first-order chi connectivity index (χ1) is 11.2. The lowest BCUT2D eigenvalue weighted by Crippen LogP contribution is -2.56. The Kier molecular flexibility index (Phi) is 3.01. The zero-order chi connectivity index (χ0) is 15.6. The molecule has 1 aromatic carbocycles. The predicted molar refractivity (Wildman–Crippen MR) is 89.7 cm³/mol. The van der Waals surface area contributed by atoms with Gasteiger partial charge in [0.25, 0.3) is 0 Å². The van der Waals surface area contributed by atoms with Crippen LogP contribution >= 0.6 is 0 Å². The van der Waals surface area contributed by atoms with E-state index in [4.69, 9.17) is 0 Å². The van der Waals surface area contributed by atoms with Gasteiger partial charge in [0, 0.05) is 48.3 Å². The van der Waals surface area contributed by atoms with E-state index in [0.29, 0.717) is 30.2 Å². The second kappa shape index (κ2) is 4.99. The summed E-state index contributed by atoms with van der Waals surface area (Å²) in [6.45, 7) is 2.65. The molecule has 5 atom stereocenters. The Bertz CT molecular complexity index is 753. The number of H-pyrrole nitrogens is 1. The molecule has 2 aromatic rings. The van der Waals surface area contributed by atoms with E-state index in [-0.39, 0.29) is 0 Å². The van der Waals surface area contributed by atoms with Crippen LogP contribution in [0.25, 0.3) is 10.9 Å². The van der Waals surface area contributed by atoms with Crippen molar-refractivity contribution in [3.8, 4) is 5.75 Å². The fourth-order valence-electron chi connectivity index (χ4n) is 5.73. The second-order valence-electron chi connectivity index (χ2n) is 7.70. The number of benzene rings is 1. The molecule has 3 aliphatic heterocycles. The van der Waals surface area contributed by atoms with Crippen LogP contribution in [0.3, 0.4) is 0 Å². The maximum Gasteiger partial charge on any atom is 0.116 e. The molecular formula is C19H24N2O2. The van der Waals surface area contributed by atoms with Gasteiger partial charge < -0.3 is 15.2 Å². The van der Waals surface area contributed by atoms with Gasteiger partial charge in [0.2, 0.25) is 0 Å². The summed E-state index contributed by atoms with van der Waals surface area (Å²) in [7, 11) is 0. The lowest BCUT2D eigenvalue weighted by Gasteiger charge is -2.53. The van der Waals surface area contributed by atoms with Crippen LogP contribution in [-0.2, 0) is 6.42 Å². The third-order valence-electron chi connectivity index (χ3n) is 6.48. The van der Waals surface area contributed by atoms with Gasteiger partial charge in [-0.25, -0.2) is 0 Å². The van der Waals surface area contributed by atoms with Crippen molar-refractivity contribution in [1.29, 1.82) is 0 Å². The number of piperidine rings is 2. The number of hydrogen-bond acceptors (Lipinski definition) is 3. The molecule has 4 aliphatic rings. The Morgan fingerprint density at radius 2 is 2.17 bits per heavy atom. The van der Waals surface area contributed by atoms with E-state index in [9.17, 15) is 10.2 Å². The van der Waals surface area contributed by atoms with Crippen molar-refractivity contribution in [2.45, 2.75) is 37.6 Å². The molecule has 3 fully saturated rings. The summed E-state index contributed by atoms with van der Waals surface area (Å²) < 4.78 is 0. The smallest absolute Gasteiger partial charge is 0.116 e. The van der Waals surface area contributed by atoms with Gasteiger partial charge in [-0.15, -0.1) is 0 Å². The predicted octanol–water partition coefficient (Wildman–Crippen LogP) is 2.61. The average molecular weight is 312 g/mol. The third kappa shape index (κ3) is 1.98. The van der Waals surface area contributed by atoms with Gasteiger partial charge in [-0.3, -0.25) is 4.90 Å². The SMILES string of the molecule is OCCC1CC2CC3c4[nH]c5ccc(O)cc5c4CCN(C2)C13. The van der Waals surface area contributed by atoms with E-state index in [1.807, 2.05) is 12.1 Å². The molecule has 1 aliphatic carbocycles. The quantitative estimate of drug-likeness (QED) is 0.799. The fraction of sp³-hybridized carbons (Fsp3) is 0.579. The maximum atomic E-state index is 9.87. The first kappa shape index (κ1) is 13.9. The summed E-state index contributed by atoms with van der Waals surface area (Å²) in [4.78, 5) is 6.37. The Hall–Kier alpha value is -1.52. The fourth-order valence-corrected chi connectivity index (χ4v) is 5.73. The number of rotatable bonds is 2. The molecule has 0 amide bonds. The number of aliphatic hydroxyl groups excluding tert-OH is 1. The highest BCUT2D eigenvalue weighted by atomic mass is 16.3.